The molecule has 2 heterocycles. The quantitative estimate of drug-likeness (QED) is 0.843. The number of alkyl halides is 2. The molecule has 0 spiro atoms. The van der Waals surface area contributed by atoms with E-state index in [9.17, 15) is 18.1 Å². The summed E-state index contributed by atoms with van der Waals surface area (Å²) in [5.74, 6) is 0. The monoisotopic (exact) mass is 291 g/mol. The fourth-order valence-electron chi connectivity index (χ4n) is 1.88. The summed E-state index contributed by atoms with van der Waals surface area (Å²) in [4.78, 5) is 3.78. The van der Waals surface area contributed by atoms with Gasteiger partial charge in [-0.05, 0) is 18.6 Å². The number of rotatable bonds is 4. The molecule has 0 aromatic carbocycles. The summed E-state index contributed by atoms with van der Waals surface area (Å²) in [5.41, 5.74) is 4.21. The molecule has 0 saturated carbocycles. The molecule has 3 N–H and O–H groups in total. The molecule has 0 radical (unpaired) electrons. The second-order valence-corrected chi connectivity index (χ2v) is 5.95. The third kappa shape index (κ3) is 3.14. The summed E-state index contributed by atoms with van der Waals surface area (Å²) in [5, 5.41) is 10.2. The first kappa shape index (κ1) is 14.4. The molecule has 106 valence electrons. The zero-order valence-corrected chi connectivity index (χ0v) is 10.9. The van der Waals surface area contributed by atoms with Crippen molar-refractivity contribution in [3.8, 4) is 0 Å². The van der Waals surface area contributed by atoms with Crippen LogP contribution in [0.3, 0.4) is 0 Å². The van der Waals surface area contributed by atoms with Gasteiger partial charge in [-0.15, -0.1) is 0 Å². The summed E-state index contributed by atoms with van der Waals surface area (Å²) in [6, 6.07) is 2.52. The van der Waals surface area contributed by atoms with Gasteiger partial charge in [0.15, 0.2) is 0 Å². The first-order chi connectivity index (χ1) is 8.95. The van der Waals surface area contributed by atoms with E-state index >= 15 is 0 Å². The zero-order valence-electron chi connectivity index (χ0n) is 10.1. The van der Waals surface area contributed by atoms with E-state index in [0.717, 1.165) is 6.20 Å². The van der Waals surface area contributed by atoms with Crippen LogP contribution < -0.4 is 5.73 Å². The highest BCUT2D eigenvalue weighted by atomic mass is 32.2. The lowest BCUT2D eigenvalue weighted by Crippen LogP contribution is -2.40. The van der Waals surface area contributed by atoms with Crippen LogP contribution in [0.25, 0.3) is 0 Å². The molecule has 1 aliphatic heterocycles. The van der Waals surface area contributed by atoms with Gasteiger partial charge in [0.25, 0.3) is 6.43 Å². The number of nitrogens with two attached hydrogens (primary N) is 1. The molecule has 2 rings (SSSR count). The SMILES string of the molecule is NCC1(O)CCN(S(=O)c2ccc(C(F)F)cn2)C1. The maximum Gasteiger partial charge on any atom is 0.265 e. The molecule has 1 aromatic heterocycles. The van der Waals surface area contributed by atoms with Crippen molar-refractivity contribution in [2.45, 2.75) is 23.5 Å². The van der Waals surface area contributed by atoms with Gasteiger partial charge < -0.3 is 10.8 Å². The van der Waals surface area contributed by atoms with Gasteiger partial charge in [0, 0.05) is 31.4 Å². The minimum absolute atomic E-state index is 0.0957. The molecular weight excluding hydrogens is 276 g/mol. The first-order valence-electron chi connectivity index (χ1n) is 5.78. The topological polar surface area (TPSA) is 79.5 Å². The summed E-state index contributed by atoms with van der Waals surface area (Å²) in [6.45, 7) is 0.714. The summed E-state index contributed by atoms with van der Waals surface area (Å²) in [6.07, 6.45) is -1.14. The number of aliphatic hydroxyl groups is 1. The Morgan fingerprint density at radius 3 is 2.79 bits per heavy atom. The zero-order chi connectivity index (χ0) is 14.0. The number of nitrogens with zero attached hydrogens (tertiary/aromatic N) is 2. The maximum atomic E-state index is 12.4. The van der Waals surface area contributed by atoms with Gasteiger partial charge in [0.2, 0.25) is 0 Å². The number of hydrogen-bond acceptors (Lipinski definition) is 4. The first-order valence-corrected chi connectivity index (χ1v) is 6.89. The van der Waals surface area contributed by atoms with Crippen LogP contribution in [0.2, 0.25) is 0 Å². The standard InChI is InChI=1S/C11H15F2N3O2S/c12-10(13)8-1-2-9(15-5-8)19(18)16-4-3-11(17,6-14)7-16/h1-2,5,10,17H,3-4,6-7,14H2. The van der Waals surface area contributed by atoms with Crippen molar-refractivity contribution in [3.63, 3.8) is 0 Å². The minimum Gasteiger partial charge on any atom is -0.387 e. The molecule has 1 aromatic rings. The van der Waals surface area contributed by atoms with E-state index in [4.69, 9.17) is 5.73 Å². The Morgan fingerprint density at radius 1 is 1.58 bits per heavy atom. The van der Waals surface area contributed by atoms with Crippen molar-refractivity contribution in [2.75, 3.05) is 19.6 Å². The van der Waals surface area contributed by atoms with Crippen LogP contribution in [0.4, 0.5) is 8.78 Å². The number of hydrogen-bond donors (Lipinski definition) is 2. The molecule has 0 amide bonds. The Hall–Kier alpha value is -0.960. The maximum absolute atomic E-state index is 12.4. The van der Waals surface area contributed by atoms with Crippen LogP contribution in [-0.2, 0) is 11.0 Å². The predicted molar refractivity (Wildman–Crippen MR) is 65.8 cm³/mol. The van der Waals surface area contributed by atoms with Crippen molar-refractivity contribution < 1.29 is 18.1 Å². The third-order valence-corrected chi connectivity index (χ3v) is 4.48. The molecule has 5 nitrogen and oxygen atoms in total. The molecule has 1 saturated heterocycles. The minimum atomic E-state index is -2.59. The van der Waals surface area contributed by atoms with E-state index in [2.05, 4.69) is 4.98 Å². The molecule has 0 aliphatic carbocycles. The average molecular weight is 291 g/mol. The van der Waals surface area contributed by atoms with Gasteiger partial charge in [-0.3, -0.25) is 0 Å². The van der Waals surface area contributed by atoms with Crippen LogP contribution in [0.5, 0.6) is 0 Å². The van der Waals surface area contributed by atoms with E-state index in [-0.39, 0.29) is 23.7 Å². The lowest BCUT2D eigenvalue weighted by atomic mass is 10.1. The number of aromatic nitrogens is 1. The molecule has 19 heavy (non-hydrogen) atoms. The Kier molecular flexibility index (Phi) is 4.24. The predicted octanol–water partition coefficient (Wildman–Crippen LogP) is 0.437. The molecule has 0 bridgehead atoms. The lowest BCUT2D eigenvalue weighted by molar-refractivity contribution is 0.0655. The van der Waals surface area contributed by atoms with Gasteiger partial charge in [-0.1, -0.05) is 0 Å². The number of halogens is 2. The Bertz CT molecular complexity index is 472. The number of pyridine rings is 1. The second kappa shape index (κ2) is 5.58. The van der Waals surface area contributed by atoms with E-state index in [1.54, 1.807) is 0 Å². The lowest BCUT2D eigenvalue weighted by Gasteiger charge is -2.20. The highest BCUT2D eigenvalue weighted by Gasteiger charge is 2.37. The Balaban J connectivity index is 2.08. The summed E-state index contributed by atoms with van der Waals surface area (Å²) >= 11 is 0. The van der Waals surface area contributed by atoms with Crippen LogP contribution in [-0.4, -0.2) is 43.8 Å². The van der Waals surface area contributed by atoms with E-state index < -0.39 is 23.0 Å². The van der Waals surface area contributed by atoms with Gasteiger partial charge in [-0.25, -0.2) is 22.3 Å². The van der Waals surface area contributed by atoms with E-state index in [0.29, 0.717) is 13.0 Å². The highest BCUT2D eigenvalue weighted by molar-refractivity contribution is 7.82. The fraction of sp³-hybridized carbons (Fsp3) is 0.545. The molecule has 2 atom stereocenters. The van der Waals surface area contributed by atoms with Crippen LogP contribution in [0.15, 0.2) is 23.4 Å². The average Bonchev–Trinajstić information content (AvgIpc) is 2.81. The van der Waals surface area contributed by atoms with Crippen LogP contribution in [0.1, 0.15) is 18.4 Å². The third-order valence-electron chi connectivity index (χ3n) is 3.10. The molecule has 1 aliphatic rings. The molecule has 8 heteroatoms. The Morgan fingerprint density at radius 2 is 2.32 bits per heavy atom. The largest absolute Gasteiger partial charge is 0.387 e. The fourth-order valence-corrected chi connectivity index (χ4v) is 3.09. The molecule has 1 fully saturated rings. The van der Waals surface area contributed by atoms with Crippen molar-refractivity contribution in [3.05, 3.63) is 23.9 Å². The van der Waals surface area contributed by atoms with Crippen molar-refractivity contribution in [1.29, 1.82) is 0 Å². The normalized spacial score (nSPS) is 25.9. The van der Waals surface area contributed by atoms with E-state index in [1.807, 2.05) is 0 Å². The number of β-amino-alcohol motifs (C(OH)–C–C–N with tert-alkyl or cyclic N) is 1. The second-order valence-electron chi connectivity index (χ2n) is 4.52. The van der Waals surface area contributed by atoms with Gasteiger partial charge in [-0.2, -0.15) is 0 Å². The summed E-state index contributed by atoms with van der Waals surface area (Å²) < 4.78 is 38.5. The van der Waals surface area contributed by atoms with Crippen molar-refractivity contribution in [2.24, 2.45) is 5.73 Å². The smallest absolute Gasteiger partial charge is 0.265 e. The van der Waals surface area contributed by atoms with Crippen molar-refractivity contribution in [1.82, 2.24) is 9.29 Å². The van der Waals surface area contributed by atoms with Crippen molar-refractivity contribution >= 4 is 11.0 Å². The van der Waals surface area contributed by atoms with Crippen LogP contribution in [0, 0.1) is 0 Å². The Labute approximate surface area is 112 Å². The van der Waals surface area contributed by atoms with E-state index in [1.165, 1.54) is 16.4 Å². The van der Waals surface area contributed by atoms with Gasteiger partial charge >= 0.3 is 0 Å². The molecular formula is C11H15F2N3O2S. The molecule has 2 unspecified atom stereocenters. The van der Waals surface area contributed by atoms with Gasteiger partial charge in [0.05, 0.1) is 5.60 Å². The highest BCUT2D eigenvalue weighted by Crippen LogP contribution is 2.24. The summed E-state index contributed by atoms with van der Waals surface area (Å²) in [7, 11) is -1.57. The van der Waals surface area contributed by atoms with Crippen LogP contribution >= 0.6 is 0 Å². The van der Waals surface area contributed by atoms with Gasteiger partial charge in [0.1, 0.15) is 16.0 Å².